The number of rotatable bonds is 4. The van der Waals surface area contributed by atoms with Gasteiger partial charge < -0.3 is 15.5 Å². The van der Waals surface area contributed by atoms with Crippen LogP contribution < -0.4 is 10.6 Å². The van der Waals surface area contributed by atoms with Crippen LogP contribution in [0.3, 0.4) is 0 Å². The van der Waals surface area contributed by atoms with Crippen LogP contribution in [0.2, 0.25) is 0 Å². The Hall–Kier alpha value is -3.16. The van der Waals surface area contributed by atoms with Gasteiger partial charge in [0.2, 0.25) is 0 Å². The molecule has 0 saturated carbocycles. The number of urea groups is 1. The van der Waals surface area contributed by atoms with Crippen molar-refractivity contribution in [2.24, 2.45) is 0 Å². The van der Waals surface area contributed by atoms with Gasteiger partial charge in [-0.2, -0.15) is 0 Å². The van der Waals surface area contributed by atoms with Gasteiger partial charge in [-0.25, -0.2) is 13.7 Å². The number of benzene rings is 1. The summed E-state index contributed by atoms with van der Waals surface area (Å²) < 4.78 is 15.1. The predicted molar refractivity (Wildman–Crippen MR) is 105 cm³/mol. The number of aromatic nitrogens is 3. The molecule has 3 heterocycles. The molecule has 28 heavy (non-hydrogen) atoms. The Labute approximate surface area is 162 Å². The summed E-state index contributed by atoms with van der Waals surface area (Å²) in [6.07, 6.45) is 3.61. The molecule has 1 unspecified atom stereocenters. The van der Waals surface area contributed by atoms with Crippen LogP contribution in [0.15, 0.2) is 42.6 Å². The van der Waals surface area contributed by atoms with Gasteiger partial charge >= 0.3 is 6.03 Å². The smallest absolute Gasteiger partial charge is 0.318 e. The fourth-order valence-electron chi connectivity index (χ4n) is 3.58. The number of carbonyl (C=O) groups excluding carboxylic acids is 1. The Morgan fingerprint density at radius 1 is 1.25 bits per heavy atom. The topological polar surface area (TPSA) is 74.6 Å². The third-order valence-electron chi connectivity index (χ3n) is 4.79. The van der Waals surface area contributed by atoms with Gasteiger partial charge in [-0.05, 0) is 57.0 Å². The van der Waals surface area contributed by atoms with E-state index in [1.165, 1.54) is 12.1 Å². The van der Waals surface area contributed by atoms with Crippen molar-refractivity contribution in [3.63, 3.8) is 0 Å². The van der Waals surface area contributed by atoms with Crippen molar-refractivity contribution in [1.82, 2.24) is 25.0 Å². The van der Waals surface area contributed by atoms with E-state index < -0.39 is 0 Å². The number of hydrogen-bond acceptors (Lipinski definition) is 4. The lowest BCUT2D eigenvalue weighted by molar-refractivity contribution is 0.190. The molecule has 8 heteroatoms. The lowest BCUT2D eigenvalue weighted by atomic mass is 10.1. The zero-order valence-corrected chi connectivity index (χ0v) is 15.9. The monoisotopic (exact) mass is 382 g/mol. The Bertz CT molecular complexity index is 1000. The maximum absolute atomic E-state index is 13.4. The van der Waals surface area contributed by atoms with Gasteiger partial charge in [-0.3, -0.25) is 0 Å². The van der Waals surface area contributed by atoms with Crippen LogP contribution in [0.5, 0.6) is 0 Å². The largest absolute Gasteiger partial charge is 0.354 e. The summed E-state index contributed by atoms with van der Waals surface area (Å²) in [4.78, 5) is 14.3. The van der Waals surface area contributed by atoms with Gasteiger partial charge in [0, 0.05) is 18.3 Å². The predicted octanol–water partition coefficient (Wildman–Crippen LogP) is 3.87. The first kappa shape index (κ1) is 18.2. The Balaban J connectivity index is 1.58. The molecule has 3 aromatic rings. The summed E-state index contributed by atoms with van der Waals surface area (Å²) >= 11 is 0. The van der Waals surface area contributed by atoms with E-state index in [4.69, 9.17) is 0 Å². The van der Waals surface area contributed by atoms with Crippen LogP contribution in [-0.4, -0.2) is 38.3 Å². The molecule has 1 aromatic carbocycles. The summed E-state index contributed by atoms with van der Waals surface area (Å²) in [5, 5.41) is 14.7. The van der Waals surface area contributed by atoms with Crippen LogP contribution >= 0.6 is 0 Å². The maximum atomic E-state index is 13.4. The van der Waals surface area contributed by atoms with Crippen LogP contribution in [-0.2, 0) is 0 Å². The summed E-state index contributed by atoms with van der Waals surface area (Å²) in [5.74, 6) is -0.296. The van der Waals surface area contributed by atoms with Crippen molar-refractivity contribution in [2.45, 2.75) is 38.8 Å². The number of carbonyl (C=O) groups is 1. The molecule has 2 aromatic heterocycles. The summed E-state index contributed by atoms with van der Waals surface area (Å²) in [5.41, 5.74) is 3.09. The van der Waals surface area contributed by atoms with Crippen molar-refractivity contribution in [3.8, 4) is 0 Å². The van der Waals surface area contributed by atoms with Crippen LogP contribution in [0, 0.1) is 5.82 Å². The van der Waals surface area contributed by atoms with Crippen LogP contribution in [0.1, 0.15) is 38.4 Å². The Kier molecular flexibility index (Phi) is 4.85. The molecule has 0 radical (unpaired) electrons. The first-order chi connectivity index (χ1) is 13.5. The maximum Gasteiger partial charge on any atom is 0.318 e. The van der Waals surface area contributed by atoms with Gasteiger partial charge in [0.25, 0.3) is 0 Å². The summed E-state index contributed by atoms with van der Waals surface area (Å²) in [6, 6.07) is 10.0. The minimum atomic E-state index is -0.296. The van der Waals surface area contributed by atoms with E-state index >= 15 is 0 Å². The molecule has 7 nitrogen and oxygen atoms in total. The quantitative estimate of drug-likeness (QED) is 0.718. The van der Waals surface area contributed by atoms with Crippen molar-refractivity contribution < 1.29 is 9.18 Å². The fraction of sp³-hybridized carbons (Fsp3) is 0.350. The molecule has 4 rings (SSSR count). The number of halogens is 1. The number of likely N-dealkylation sites (tertiary alicyclic amines) is 1. The summed E-state index contributed by atoms with van der Waals surface area (Å²) in [6.45, 7) is 4.61. The van der Waals surface area contributed by atoms with Gasteiger partial charge in [0.15, 0.2) is 0 Å². The molecule has 2 amide bonds. The third kappa shape index (κ3) is 3.62. The number of fused-ring (bicyclic) bond motifs is 1. The number of nitrogens with one attached hydrogen (secondary N) is 2. The number of anilines is 2. The van der Waals surface area contributed by atoms with Crippen molar-refractivity contribution in [3.05, 3.63) is 54.1 Å². The molecule has 1 aliphatic rings. The lowest BCUT2D eigenvalue weighted by Crippen LogP contribution is -2.42. The highest BCUT2D eigenvalue weighted by molar-refractivity contribution is 5.76. The van der Waals surface area contributed by atoms with E-state index in [1.54, 1.807) is 16.6 Å². The molecule has 0 bridgehead atoms. The first-order valence-electron chi connectivity index (χ1n) is 9.46. The number of amides is 2. The first-order valence-corrected chi connectivity index (χ1v) is 9.46. The van der Waals surface area contributed by atoms with E-state index in [0.29, 0.717) is 12.2 Å². The van der Waals surface area contributed by atoms with Crippen molar-refractivity contribution >= 4 is 22.9 Å². The highest BCUT2D eigenvalue weighted by Crippen LogP contribution is 2.33. The second kappa shape index (κ2) is 7.46. The van der Waals surface area contributed by atoms with Crippen LogP contribution in [0.4, 0.5) is 20.6 Å². The molecule has 0 aliphatic carbocycles. The fourth-order valence-corrected chi connectivity index (χ4v) is 3.58. The molecule has 1 fully saturated rings. The standard InChI is InChI=1S/C20H23FN6O/c1-13(2)22-20(28)26-10-4-7-17(26)19-18-9-8-16(12-27(18)25-24-19)23-15-6-3-5-14(21)11-15/h3,5-6,8-9,11-13,17,23H,4,7,10H2,1-2H3,(H,22,28). The van der Waals surface area contributed by atoms with Gasteiger partial charge in [0.05, 0.1) is 23.4 Å². The second-order valence-corrected chi connectivity index (χ2v) is 7.31. The van der Waals surface area contributed by atoms with E-state index in [1.807, 2.05) is 37.1 Å². The van der Waals surface area contributed by atoms with E-state index in [9.17, 15) is 9.18 Å². The SMILES string of the molecule is CC(C)NC(=O)N1CCCC1c1nnn2cc(Nc3cccc(F)c3)ccc12. The van der Waals surface area contributed by atoms with Crippen molar-refractivity contribution in [1.29, 1.82) is 0 Å². The molecular weight excluding hydrogens is 359 g/mol. The van der Waals surface area contributed by atoms with Crippen molar-refractivity contribution in [2.75, 3.05) is 11.9 Å². The minimum Gasteiger partial charge on any atom is -0.354 e. The molecule has 146 valence electrons. The van der Waals surface area contributed by atoms with Gasteiger partial charge in [-0.15, -0.1) is 5.10 Å². The van der Waals surface area contributed by atoms with E-state index in [-0.39, 0.29) is 23.9 Å². The highest BCUT2D eigenvalue weighted by Gasteiger charge is 2.33. The third-order valence-corrected chi connectivity index (χ3v) is 4.79. The molecule has 1 aliphatic heterocycles. The molecule has 1 atom stereocenters. The molecular formula is C20H23FN6O. The Morgan fingerprint density at radius 3 is 2.89 bits per heavy atom. The van der Waals surface area contributed by atoms with E-state index in [2.05, 4.69) is 20.9 Å². The Morgan fingerprint density at radius 2 is 2.11 bits per heavy atom. The van der Waals surface area contributed by atoms with Gasteiger partial charge in [-0.1, -0.05) is 11.3 Å². The summed E-state index contributed by atoms with van der Waals surface area (Å²) in [7, 11) is 0. The molecule has 2 N–H and O–H groups in total. The zero-order chi connectivity index (χ0) is 19.7. The van der Waals surface area contributed by atoms with Crippen LogP contribution in [0.25, 0.3) is 5.52 Å². The normalized spacial score (nSPS) is 16.7. The van der Waals surface area contributed by atoms with Gasteiger partial charge in [0.1, 0.15) is 11.5 Å². The van der Waals surface area contributed by atoms with E-state index in [0.717, 1.165) is 29.7 Å². The average molecular weight is 382 g/mol. The number of hydrogen-bond donors (Lipinski definition) is 2. The number of pyridine rings is 1. The molecule has 0 spiro atoms. The number of nitrogens with zero attached hydrogens (tertiary/aromatic N) is 4. The molecule has 1 saturated heterocycles. The zero-order valence-electron chi connectivity index (χ0n) is 15.9. The minimum absolute atomic E-state index is 0.0666. The highest BCUT2D eigenvalue weighted by atomic mass is 19.1. The average Bonchev–Trinajstić information content (AvgIpc) is 3.27. The lowest BCUT2D eigenvalue weighted by Gasteiger charge is -2.24. The second-order valence-electron chi connectivity index (χ2n) is 7.31.